The number of methoxy groups -OCH3 is 1. The van der Waals surface area contributed by atoms with Gasteiger partial charge >= 0.3 is 0 Å². The number of benzene rings is 3. The second-order valence-corrected chi connectivity index (χ2v) is 10.1. The molecule has 4 aromatic rings. The van der Waals surface area contributed by atoms with Gasteiger partial charge in [0.2, 0.25) is 0 Å². The Hall–Kier alpha value is -3.61. The predicted molar refractivity (Wildman–Crippen MR) is 153 cm³/mol. The van der Waals surface area contributed by atoms with Crippen LogP contribution in [0.5, 0.6) is 5.75 Å². The summed E-state index contributed by atoms with van der Waals surface area (Å²) in [4.78, 5) is 21.0. The molecule has 4 rings (SSSR count). The number of carbonyl (C=O) groups excluding carboxylic acids is 1. The molecular formula is C31H35ClN4O2. The van der Waals surface area contributed by atoms with Gasteiger partial charge in [-0.3, -0.25) is 4.79 Å². The molecule has 0 fully saturated rings. The van der Waals surface area contributed by atoms with Crippen LogP contribution in [0.15, 0.2) is 85.1 Å². The molecule has 0 spiro atoms. The maximum atomic E-state index is 14.0. The van der Waals surface area contributed by atoms with Crippen LogP contribution in [0, 0.1) is 5.92 Å². The summed E-state index contributed by atoms with van der Waals surface area (Å²) in [5.41, 5.74) is 9.42. The minimum atomic E-state index is -0.271. The van der Waals surface area contributed by atoms with E-state index in [9.17, 15) is 4.79 Å². The molecule has 1 heterocycles. The van der Waals surface area contributed by atoms with Gasteiger partial charge in [0.1, 0.15) is 11.6 Å². The highest BCUT2D eigenvalue weighted by Gasteiger charge is 2.32. The van der Waals surface area contributed by atoms with Crippen molar-refractivity contribution in [3.63, 3.8) is 0 Å². The molecule has 7 heteroatoms. The maximum Gasteiger partial charge on any atom is 0.254 e. The van der Waals surface area contributed by atoms with Gasteiger partial charge in [0, 0.05) is 35.4 Å². The van der Waals surface area contributed by atoms with Crippen molar-refractivity contribution in [2.24, 2.45) is 11.7 Å². The standard InChI is InChI=1S/C31H35ClN4O2/c1-22(2)29(36(18-8-17-33)31(37)24-13-15-27(38-3)16-14-24)30-34-28(25-11-7-12-26(32)19-25)21-35(30)20-23-9-5-4-6-10-23/h4-7,9-16,19,21-22,29H,8,17-18,20,33H2,1-3H3/t29-/m1/s1. The van der Waals surface area contributed by atoms with Crippen molar-refractivity contribution in [2.45, 2.75) is 32.9 Å². The van der Waals surface area contributed by atoms with E-state index in [1.54, 1.807) is 7.11 Å². The molecule has 1 atom stereocenters. The molecule has 0 saturated carbocycles. The van der Waals surface area contributed by atoms with Gasteiger partial charge in [0.25, 0.3) is 5.91 Å². The quantitative estimate of drug-likeness (QED) is 0.242. The largest absolute Gasteiger partial charge is 0.497 e. The zero-order valence-electron chi connectivity index (χ0n) is 22.2. The lowest BCUT2D eigenvalue weighted by Gasteiger charge is -2.34. The van der Waals surface area contributed by atoms with Crippen LogP contribution in [-0.4, -0.2) is 40.6 Å². The molecule has 2 N–H and O–H groups in total. The number of amides is 1. The van der Waals surface area contributed by atoms with Crippen LogP contribution >= 0.6 is 11.6 Å². The van der Waals surface area contributed by atoms with E-state index in [4.69, 9.17) is 27.1 Å². The molecule has 1 aromatic heterocycles. The number of aromatic nitrogens is 2. The molecular weight excluding hydrogens is 496 g/mol. The van der Waals surface area contributed by atoms with Gasteiger partial charge in [0.15, 0.2) is 0 Å². The SMILES string of the molecule is COc1ccc(C(=O)N(CCCN)[C@@H](c2nc(-c3cccc(Cl)c3)cn2Cc2ccccc2)C(C)C)cc1. The van der Waals surface area contributed by atoms with Crippen molar-refractivity contribution >= 4 is 17.5 Å². The van der Waals surface area contributed by atoms with Crippen molar-refractivity contribution in [2.75, 3.05) is 20.2 Å². The Balaban J connectivity index is 1.81. The van der Waals surface area contributed by atoms with Crippen LogP contribution in [0.25, 0.3) is 11.3 Å². The van der Waals surface area contributed by atoms with Crippen LogP contribution in [0.3, 0.4) is 0 Å². The van der Waals surface area contributed by atoms with E-state index in [0.717, 1.165) is 22.6 Å². The third-order valence-electron chi connectivity index (χ3n) is 6.56. The lowest BCUT2D eigenvalue weighted by molar-refractivity contribution is 0.0604. The Morgan fingerprint density at radius 3 is 2.42 bits per heavy atom. The van der Waals surface area contributed by atoms with Crippen molar-refractivity contribution < 1.29 is 9.53 Å². The summed E-state index contributed by atoms with van der Waals surface area (Å²) in [6.07, 6.45) is 2.74. The monoisotopic (exact) mass is 530 g/mol. The summed E-state index contributed by atoms with van der Waals surface area (Å²) < 4.78 is 7.45. The highest BCUT2D eigenvalue weighted by Crippen LogP contribution is 2.33. The zero-order valence-corrected chi connectivity index (χ0v) is 22.9. The van der Waals surface area contributed by atoms with E-state index in [1.165, 1.54) is 0 Å². The number of nitrogens with zero attached hydrogens (tertiary/aromatic N) is 3. The van der Waals surface area contributed by atoms with E-state index in [-0.39, 0.29) is 17.9 Å². The summed E-state index contributed by atoms with van der Waals surface area (Å²) in [6.45, 7) is 5.90. The highest BCUT2D eigenvalue weighted by atomic mass is 35.5. The first-order chi connectivity index (χ1) is 18.4. The number of nitrogens with two attached hydrogens (primary N) is 1. The predicted octanol–water partition coefficient (Wildman–Crippen LogP) is 6.45. The fourth-order valence-electron chi connectivity index (χ4n) is 4.69. The summed E-state index contributed by atoms with van der Waals surface area (Å²) in [7, 11) is 1.61. The summed E-state index contributed by atoms with van der Waals surface area (Å²) in [5, 5.41) is 0.654. The number of hydrogen-bond acceptors (Lipinski definition) is 4. The molecule has 6 nitrogen and oxygen atoms in total. The third kappa shape index (κ3) is 6.44. The Morgan fingerprint density at radius 1 is 1.05 bits per heavy atom. The first-order valence-corrected chi connectivity index (χ1v) is 13.3. The second-order valence-electron chi connectivity index (χ2n) is 9.67. The molecule has 0 bridgehead atoms. The molecule has 198 valence electrons. The van der Waals surface area contributed by atoms with Gasteiger partial charge in [0.05, 0.1) is 18.8 Å². The van der Waals surface area contributed by atoms with E-state index in [1.807, 2.05) is 71.6 Å². The zero-order chi connectivity index (χ0) is 27.1. The smallest absolute Gasteiger partial charge is 0.254 e. The lowest BCUT2D eigenvalue weighted by atomic mass is 9.99. The number of halogens is 1. The van der Waals surface area contributed by atoms with Crippen molar-refractivity contribution in [3.8, 4) is 17.0 Å². The first-order valence-electron chi connectivity index (χ1n) is 12.9. The van der Waals surface area contributed by atoms with Crippen LogP contribution in [0.1, 0.15) is 48.1 Å². The number of rotatable bonds is 11. The van der Waals surface area contributed by atoms with Crippen LogP contribution in [-0.2, 0) is 6.54 Å². The Bertz CT molecular complexity index is 1340. The van der Waals surface area contributed by atoms with Crippen molar-refractivity contribution in [1.29, 1.82) is 0 Å². The molecule has 0 aliphatic rings. The second kappa shape index (κ2) is 12.8. The molecule has 0 aliphatic heterocycles. The number of hydrogen-bond donors (Lipinski definition) is 1. The molecule has 0 saturated heterocycles. The van der Waals surface area contributed by atoms with Gasteiger partial charge in [-0.05, 0) is 60.8 Å². The lowest BCUT2D eigenvalue weighted by Crippen LogP contribution is -2.40. The van der Waals surface area contributed by atoms with E-state index >= 15 is 0 Å². The fourth-order valence-corrected chi connectivity index (χ4v) is 4.88. The minimum absolute atomic E-state index is 0.0571. The van der Waals surface area contributed by atoms with E-state index in [2.05, 4.69) is 36.7 Å². The Morgan fingerprint density at radius 2 is 1.79 bits per heavy atom. The van der Waals surface area contributed by atoms with Crippen molar-refractivity contribution in [3.05, 3.63) is 107 Å². The van der Waals surface area contributed by atoms with Gasteiger partial charge in [-0.1, -0.05) is 67.9 Å². The Kier molecular flexibility index (Phi) is 9.21. The van der Waals surface area contributed by atoms with Crippen LogP contribution in [0.4, 0.5) is 0 Å². The minimum Gasteiger partial charge on any atom is -0.497 e. The summed E-state index contributed by atoms with van der Waals surface area (Å²) >= 11 is 6.31. The maximum absolute atomic E-state index is 14.0. The first kappa shape index (κ1) is 27.4. The number of carbonyl (C=O) groups is 1. The molecule has 38 heavy (non-hydrogen) atoms. The van der Waals surface area contributed by atoms with E-state index in [0.29, 0.717) is 42.4 Å². The van der Waals surface area contributed by atoms with Gasteiger partial charge < -0.3 is 19.9 Å². The highest BCUT2D eigenvalue weighted by molar-refractivity contribution is 6.30. The van der Waals surface area contributed by atoms with E-state index < -0.39 is 0 Å². The van der Waals surface area contributed by atoms with Crippen LogP contribution in [0.2, 0.25) is 5.02 Å². The number of imidazole rings is 1. The normalized spacial score (nSPS) is 11.9. The third-order valence-corrected chi connectivity index (χ3v) is 6.79. The molecule has 1 amide bonds. The average Bonchev–Trinajstić information content (AvgIpc) is 3.34. The average molecular weight is 531 g/mol. The van der Waals surface area contributed by atoms with Crippen molar-refractivity contribution in [1.82, 2.24) is 14.5 Å². The van der Waals surface area contributed by atoms with Crippen LogP contribution < -0.4 is 10.5 Å². The molecule has 0 unspecified atom stereocenters. The van der Waals surface area contributed by atoms with Gasteiger partial charge in [-0.15, -0.1) is 0 Å². The summed E-state index contributed by atoms with van der Waals surface area (Å²) in [6, 6.07) is 24.9. The summed E-state index contributed by atoms with van der Waals surface area (Å²) in [5.74, 6) is 1.58. The topological polar surface area (TPSA) is 73.4 Å². The Labute approximate surface area is 230 Å². The van der Waals surface area contributed by atoms with Gasteiger partial charge in [-0.25, -0.2) is 4.98 Å². The molecule has 3 aromatic carbocycles. The molecule has 0 aliphatic carbocycles. The fraction of sp³-hybridized carbons (Fsp3) is 0.290. The van der Waals surface area contributed by atoms with Gasteiger partial charge in [-0.2, -0.15) is 0 Å². The molecule has 0 radical (unpaired) electrons. The number of ether oxygens (including phenoxy) is 1.